The number of ether oxygens (including phenoxy) is 1. The molecule has 0 aliphatic heterocycles. The smallest absolute Gasteiger partial charge is 0.345 e. The second-order valence-electron chi connectivity index (χ2n) is 2.46. The van der Waals surface area contributed by atoms with Crippen LogP contribution in [0.1, 0.15) is 10.4 Å². The van der Waals surface area contributed by atoms with E-state index in [0.29, 0.717) is 11.5 Å². The molecule has 0 radical (unpaired) electrons. The van der Waals surface area contributed by atoms with Crippen LogP contribution in [0.25, 0.3) is 0 Å². The fourth-order valence-electron chi connectivity index (χ4n) is 0.827. The van der Waals surface area contributed by atoms with E-state index in [9.17, 15) is 18.0 Å². The van der Waals surface area contributed by atoms with Crippen molar-refractivity contribution in [3.63, 3.8) is 0 Å². The molecule has 1 rings (SSSR count). The average Bonchev–Trinajstić information content (AvgIpc) is 2.45. The van der Waals surface area contributed by atoms with Crippen molar-refractivity contribution in [2.24, 2.45) is 0 Å². The fourth-order valence-corrected chi connectivity index (χ4v) is 2.67. The molecule has 0 atom stereocenters. The average molecular weight is 237 g/mol. The fraction of sp³-hybridized carbons (Fsp3) is 0.333. The molecule has 0 bridgehead atoms. The molecule has 14 heavy (non-hydrogen) atoms. The Hall–Kier alpha value is -1.15. The summed E-state index contributed by atoms with van der Waals surface area (Å²) in [5.41, 5.74) is -1.21. The van der Waals surface area contributed by atoms with E-state index < -0.39 is 26.9 Å². The van der Waals surface area contributed by atoms with Gasteiger partial charge in [0.15, 0.2) is 19.6 Å². The van der Waals surface area contributed by atoms with Gasteiger partial charge in [-0.2, -0.15) is 0 Å². The maximum atomic E-state index is 11.1. The van der Waals surface area contributed by atoms with Crippen LogP contribution in [-0.2, 0) is 14.6 Å². The number of methoxy groups -OCH3 is 1. The lowest BCUT2D eigenvalue weighted by Crippen LogP contribution is -2.16. The minimum absolute atomic E-state index is 0.297. The third-order valence-corrected chi connectivity index (χ3v) is 4.11. The Labute approximate surface area is 83.6 Å². The van der Waals surface area contributed by atoms with Crippen LogP contribution in [0, 0.1) is 0 Å². The maximum absolute atomic E-state index is 11.1. The first kappa shape index (κ1) is 10.9. The summed E-state index contributed by atoms with van der Waals surface area (Å²) in [7, 11) is -2.51. The highest BCUT2D eigenvalue weighted by Gasteiger charge is 2.25. The SMILES string of the molecule is COC(=O)c1c(S(C)(=O)=O)s[nH]c1=O. The van der Waals surface area contributed by atoms with Crippen LogP contribution >= 0.6 is 11.5 Å². The Bertz CT molecular complexity index is 509. The molecule has 0 aromatic carbocycles. The summed E-state index contributed by atoms with van der Waals surface area (Å²) in [6, 6.07) is 0. The highest BCUT2D eigenvalue weighted by atomic mass is 32.2. The minimum Gasteiger partial charge on any atom is -0.465 e. The number of sulfone groups is 1. The van der Waals surface area contributed by atoms with E-state index >= 15 is 0 Å². The standard InChI is InChI=1S/C6H7NO5S2/c1-12-5(9)3-4(8)7-13-6(3)14(2,10)11/h1-2H3,(H,7,8). The summed E-state index contributed by atoms with van der Waals surface area (Å²) in [6.45, 7) is 0. The third kappa shape index (κ3) is 1.85. The second kappa shape index (κ2) is 3.54. The van der Waals surface area contributed by atoms with Crippen molar-refractivity contribution in [2.75, 3.05) is 13.4 Å². The molecule has 0 saturated heterocycles. The summed E-state index contributed by atoms with van der Waals surface area (Å²) in [5, 5.41) is 0. The molecule has 0 unspecified atom stereocenters. The van der Waals surface area contributed by atoms with Crippen molar-refractivity contribution < 1.29 is 17.9 Å². The Balaban J connectivity index is 3.50. The molecule has 1 aromatic rings. The van der Waals surface area contributed by atoms with E-state index in [1.54, 1.807) is 0 Å². The van der Waals surface area contributed by atoms with E-state index in [0.717, 1.165) is 13.4 Å². The van der Waals surface area contributed by atoms with Crippen molar-refractivity contribution in [1.82, 2.24) is 4.37 Å². The van der Waals surface area contributed by atoms with Crippen LogP contribution in [0.5, 0.6) is 0 Å². The summed E-state index contributed by atoms with van der Waals surface area (Å²) >= 11 is 0.601. The number of carbonyl (C=O) groups excluding carboxylic acids is 1. The first-order valence-corrected chi connectivity index (χ1v) is 6.08. The Morgan fingerprint density at radius 2 is 2.07 bits per heavy atom. The van der Waals surface area contributed by atoms with Gasteiger partial charge in [0.1, 0.15) is 0 Å². The number of nitrogens with one attached hydrogen (secondary N) is 1. The van der Waals surface area contributed by atoms with E-state index in [2.05, 4.69) is 9.11 Å². The highest BCUT2D eigenvalue weighted by molar-refractivity contribution is 7.92. The van der Waals surface area contributed by atoms with Gasteiger partial charge in [-0.3, -0.25) is 9.17 Å². The van der Waals surface area contributed by atoms with Crippen molar-refractivity contribution in [3.05, 3.63) is 15.9 Å². The molecule has 1 heterocycles. The minimum atomic E-state index is -3.58. The predicted octanol–water partition coefficient (Wildman–Crippen LogP) is -0.373. The molecule has 0 aliphatic rings. The van der Waals surface area contributed by atoms with E-state index in [-0.39, 0.29) is 4.21 Å². The molecule has 1 N–H and O–H groups in total. The lowest BCUT2D eigenvalue weighted by Gasteiger charge is -1.96. The topological polar surface area (TPSA) is 93.3 Å². The normalized spacial score (nSPS) is 11.3. The molecule has 0 saturated carbocycles. The number of esters is 1. The zero-order valence-corrected chi connectivity index (χ0v) is 8.99. The van der Waals surface area contributed by atoms with Gasteiger partial charge in [-0.05, 0) is 11.5 Å². The van der Waals surface area contributed by atoms with Crippen LogP contribution in [0.4, 0.5) is 0 Å². The summed E-state index contributed by atoms with van der Waals surface area (Å²) < 4.78 is 28.4. The molecule has 1 aromatic heterocycles. The van der Waals surface area contributed by atoms with Gasteiger partial charge in [0.05, 0.1) is 7.11 Å². The summed E-state index contributed by atoms with van der Waals surface area (Å²) in [5.74, 6) is -0.951. The lowest BCUT2D eigenvalue weighted by molar-refractivity contribution is 0.0595. The third-order valence-electron chi connectivity index (χ3n) is 1.39. The van der Waals surface area contributed by atoms with Gasteiger partial charge in [0, 0.05) is 6.26 Å². The highest BCUT2D eigenvalue weighted by Crippen LogP contribution is 2.16. The van der Waals surface area contributed by atoms with Gasteiger partial charge in [0.25, 0.3) is 5.56 Å². The molecule has 0 amide bonds. The predicted molar refractivity (Wildman–Crippen MR) is 49.4 cm³/mol. The number of H-pyrrole nitrogens is 1. The zero-order valence-electron chi connectivity index (χ0n) is 7.36. The van der Waals surface area contributed by atoms with Gasteiger partial charge in [-0.25, -0.2) is 13.2 Å². The van der Waals surface area contributed by atoms with Crippen LogP contribution < -0.4 is 5.56 Å². The number of aromatic nitrogens is 1. The first-order chi connectivity index (χ1) is 6.38. The van der Waals surface area contributed by atoms with E-state index in [1.165, 1.54) is 0 Å². The quantitative estimate of drug-likeness (QED) is 0.708. The van der Waals surface area contributed by atoms with E-state index in [1.807, 2.05) is 0 Å². The largest absolute Gasteiger partial charge is 0.465 e. The lowest BCUT2D eigenvalue weighted by atomic mass is 10.4. The van der Waals surface area contributed by atoms with Gasteiger partial charge in [0.2, 0.25) is 0 Å². The Morgan fingerprint density at radius 3 is 2.50 bits per heavy atom. The number of aromatic amines is 1. The molecular formula is C6H7NO5S2. The van der Waals surface area contributed by atoms with Gasteiger partial charge in [-0.15, -0.1) is 0 Å². The number of hydrogen-bond donors (Lipinski definition) is 1. The molecule has 78 valence electrons. The molecule has 0 spiro atoms. The maximum Gasteiger partial charge on any atom is 0.345 e. The Morgan fingerprint density at radius 1 is 1.50 bits per heavy atom. The molecule has 0 aliphatic carbocycles. The van der Waals surface area contributed by atoms with Gasteiger partial charge < -0.3 is 4.74 Å². The number of carbonyl (C=O) groups is 1. The van der Waals surface area contributed by atoms with Crippen LogP contribution in [0.2, 0.25) is 0 Å². The summed E-state index contributed by atoms with van der Waals surface area (Å²) in [6.07, 6.45) is 0.915. The van der Waals surface area contributed by atoms with Crippen LogP contribution in [0.15, 0.2) is 9.00 Å². The van der Waals surface area contributed by atoms with Gasteiger partial charge in [-0.1, -0.05) is 0 Å². The zero-order chi connectivity index (χ0) is 10.9. The molecular weight excluding hydrogens is 230 g/mol. The van der Waals surface area contributed by atoms with Crippen LogP contribution in [0.3, 0.4) is 0 Å². The first-order valence-electron chi connectivity index (χ1n) is 3.37. The van der Waals surface area contributed by atoms with Crippen LogP contribution in [-0.4, -0.2) is 32.1 Å². The van der Waals surface area contributed by atoms with Crippen molar-refractivity contribution in [3.8, 4) is 0 Å². The monoisotopic (exact) mass is 237 g/mol. The second-order valence-corrected chi connectivity index (χ2v) is 5.49. The van der Waals surface area contributed by atoms with Gasteiger partial charge >= 0.3 is 5.97 Å². The van der Waals surface area contributed by atoms with Crippen molar-refractivity contribution >= 4 is 27.3 Å². The molecule has 8 heteroatoms. The number of hydrogen-bond acceptors (Lipinski definition) is 6. The molecule has 0 fully saturated rings. The molecule has 6 nitrogen and oxygen atoms in total. The number of rotatable bonds is 2. The van der Waals surface area contributed by atoms with Crippen molar-refractivity contribution in [2.45, 2.75) is 4.21 Å². The van der Waals surface area contributed by atoms with Crippen molar-refractivity contribution in [1.29, 1.82) is 0 Å². The Kier molecular flexibility index (Phi) is 2.76. The van der Waals surface area contributed by atoms with E-state index in [4.69, 9.17) is 0 Å². The summed E-state index contributed by atoms with van der Waals surface area (Å²) in [4.78, 5) is 22.1.